The van der Waals surface area contributed by atoms with Gasteiger partial charge in [0.2, 0.25) is 10.0 Å². The molecule has 0 unspecified atom stereocenters. The van der Waals surface area contributed by atoms with E-state index in [-0.39, 0.29) is 5.75 Å². The van der Waals surface area contributed by atoms with E-state index in [1.165, 1.54) is 12.8 Å². The van der Waals surface area contributed by atoms with Crippen molar-refractivity contribution in [1.82, 2.24) is 9.79 Å². The molecular formula is C14H22N2O3S. The predicted molar refractivity (Wildman–Crippen MR) is 78.6 cm³/mol. The first-order valence-electron chi connectivity index (χ1n) is 6.94. The molecular weight excluding hydrogens is 276 g/mol. The van der Waals surface area contributed by atoms with Crippen LogP contribution in [0, 0.1) is 6.92 Å². The third-order valence-electron chi connectivity index (χ3n) is 3.37. The highest BCUT2D eigenvalue weighted by molar-refractivity contribution is 7.88. The van der Waals surface area contributed by atoms with Gasteiger partial charge >= 0.3 is 0 Å². The molecule has 5 nitrogen and oxygen atoms in total. The van der Waals surface area contributed by atoms with Gasteiger partial charge in [-0.1, -0.05) is 34.7 Å². The van der Waals surface area contributed by atoms with Crippen LogP contribution in [0.5, 0.6) is 0 Å². The number of hydrogen-bond acceptors (Lipinski definition) is 4. The Morgan fingerprint density at radius 3 is 2.50 bits per heavy atom. The first-order chi connectivity index (χ1) is 9.55. The summed E-state index contributed by atoms with van der Waals surface area (Å²) in [5.74, 6) is -0.0585. The van der Waals surface area contributed by atoms with E-state index in [9.17, 15) is 8.42 Å². The number of hydrogen-bond donors (Lipinski definition) is 1. The Labute approximate surface area is 120 Å². The van der Waals surface area contributed by atoms with Gasteiger partial charge in [0, 0.05) is 6.54 Å². The van der Waals surface area contributed by atoms with E-state index in [2.05, 4.69) is 9.79 Å². The second-order valence-corrected chi connectivity index (χ2v) is 6.91. The molecule has 0 amide bonds. The van der Waals surface area contributed by atoms with Crippen molar-refractivity contribution in [1.29, 1.82) is 0 Å². The molecule has 2 rings (SSSR count). The van der Waals surface area contributed by atoms with Gasteiger partial charge in [-0.25, -0.2) is 8.42 Å². The first kappa shape index (κ1) is 15.4. The predicted octanol–water partition coefficient (Wildman–Crippen LogP) is 1.44. The molecule has 1 heterocycles. The minimum Gasteiger partial charge on any atom is -0.301 e. The number of sulfonamides is 1. The van der Waals surface area contributed by atoms with Crippen molar-refractivity contribution in [2.75, 3.05) is 26.2 Å². The summed E-state index contributed by atoms with van der Waals surface area (Å²) in [6, 6.07) is 7.44. The Kier molecular flexibility index (Phi) is 5.54. The molecule has 1 N–H and O–H groups in total. The molecule has 1 fully saturated rings. The van der Waals surface area contributed by atoms with Crippen LogP contribution in [0.4, 0.5) is 0 Å². The van der Waals surface area contributed by atoms with Crippen molar-refractivity contribution in [3.05, 3.63) is 35.4 Å². The molecule has 0 atom stereocenters. The average Bonchev–Trinajstić information content (AvgIpc) is 2.90. The van der Waals surface area contributed by atoms with Crippen LogP contribution in [-0.4, -0.2) is 39.6 Å². The summed E-state index contributed by atoms with van der Waals surface area (Å²) in [4.78, 5) is 9.54. The zero-order valence-corrected chi connectivity index (χ0v) is 12.7. The molecule has 0 aromatic heterocycles. The van der Waals surface area contributed by atoms with Crippen LogP contribution >= 0.6 is 0 Å². The number of benzene rings is 1. The van der Waals surface area contributed by atoms with Gasteiger partial charge in [-0.15, -0.1) is 0 Å². The molecule has 0 aliphatic carbocycles. The summed E-state index contributed by atoms with van der Waals surface area (Å²) >= 11 is 0. The van der Waals surface area contributed by atoms with Gasteiger partial charge < -0.3 is 4.90 Å². The molecule has 1 aliphatic rings. The van der Waals surface area contributed by atoms with Gasteiger partial charge in [0.25, 0.3) is 0 Å². The lowest BCUT2D eigenvalue weighted by atomic mass is 10.2. The van der Waals surface area contributed by atoms with Gasteiger partial charge in [0.05, 0.1) is 12.4 Å². The molecule has 0 spiro atoms. The Morgan fingerprint density at radius 2 is 1.85 bits per heavy atom. The van der Waals surface area contributed by atoms with E-state index in [0.717, 1.165) is 30.8 Å². The second kappa shape index (κ2) is 7.17. The Balaban J connectivity index is 1.71. The molecule has 112 valence electrons. The molecule has 0 bridgehead atoms. The van der Waals surface area contributed by atoms with Crippen LogP contribution < -0.4 is 4.89 Å². The molecule has 1 aliphatic heterocycles. The average molecular weight is 298 g/mol. The van der Waals surface area contributed by atoms with Gasteiger partial charge in [-0.05, 0) is 38.4 Å². The van der Waals surface area contributed by atoms with Crippen molar-refractivity contribution < 1.29 is 13.3 Å². The van der Waals surface area contributed by atoms with Crippen molar-refractivity contribution >= 4 is 10.0 Å². The summed E-state index contributed by atoms with van der Waals surface area (Å²) in [7, 11) is -3.43. The standard InChI is InChI=1S/C14H22N2O3S/c1-13-4-6-14(7-5-13)12-20(17,18)15-19-11-10-16-8-2-3-9-16/h4-7,15H,2-3,8-12H2,1H3. The molecule has 1 saturated heterocycles. The van der Waals surface area contributed by atoms with Crippen molar-refractivity contribution in [2.24, 2.45) is 0 Å². The number of nitrogens with zero attached hydrogens (tertiary/aromatic N) is 1. The quantitative estimate of drug-likeness (QED) is 0.611. The van der Waals surface area contributed by atoms with Crippen LogP contribution in [0.2, 0.25) is 0 Å². The lowest BCUT2D eigenvalue weighted by Crippen LogP contribution is -2.30. The molecule has 20 heavy (non-hydrogen) atoms. The van der Waals surface area contributed by atoms with Gasteiger partial charge in [0.1, 0.15) is 0 Å². The molecule has 1 aromatic rings. The smallest absolute Gasteiger partial charge is 0.237 e. The Bertz CT molecular complexity index is 508. The van der Waals surface area contributed by atoms with Crippen LogP contribution in [0.25, 0.3) is 0 Å². The van der Waals surface area contributed by atoms with E-state index < -0.39 is 10.0 Å². The largest absolute Gasteiger partial charge is 0.301 e. The minimum atomic E-state index is -3.43. The fourth-order valence-corrected chi connectivity index (χ4v) is 3.20. The highest BCUT2D eigenvalue weighted by Gasteiger charge is 2.13. The van der Waals surface area contributed by atoms with Gasteiger partial charge in [-0.2, -0.15) is 0 Å². The molecule has 0 radical (unpaired) electrons. The number of nitrogens with one attached hydrogen (secondary N) is 1. The maximum Gasteiger partial charge on any atom is 0.237 e. The number of likely N-dealkylation sites (tertiary alicyclic amines) is 1. The molecule has 6 heteroatoms. The van der Waals surface area contributed by atoms with E-state index in [0.29, 0.717) is 6.61 Å². The molecule has 0 saturated carbocycles. The van der Waals surface area contributed by atoms with E-state index in [1.807, 2.05) is 31.2 Å². The lowest BCUT2D eigenvalue weighted by molar-refractivity contribution is 0.0755. The van der Waals surface area contributed by atoms with Gasteiger partial charge in [0.15, 0.2) is 0 Å². The zero-order valence-electron chi connectivity index (χ0n) is 11.8. The first-order valence-corrected chi connectivity index (χ1v) is 8.59. The zero-order chi connectivity index (χ0) is 14.4. The van der Waals surface area contributed by atoms with E-state index in [4.69, 9.17) is 4.84 Å². The summed E-state index contributed by atoms with van der Waals surface area (Å²) in [5, 5.41) is 0. The van der Waals surface area contributed by atoms with Crippen molar-refractivity contribution in [3.63, 3.8) is 0 Å². The fraction of sp³-hybridized carbons (Fsp3) is 0.571. The third kappa shape index (κ3) is 5.20. The molecule has 1 aromatic carbocycles. The van der Waals surface area contributed by atoms with Crippen LogP contribution in [0.3, 0.4) is 0 Å². The van der Waals surface area contributed by atoms with Gasteiger partial charge in [-0.3, -0.25) is 4.84 Å². The Hall–Kier alpha value is -0.950. The number of rotatable bonds is 7. The van der Waals surface area contributed by atoms with E-state index >= 15 is 0 Å². The maximum atomic E-state index is 11.8. The normalized spacial score (nSPS) is 16.6. The third-order valence-corrected chi connectivity index (χ3v) is 4.46. The van der Waals surface area contributed by atoms with Crippen LogP contribution in [0.15, 0.2) is 24.3 Å². The topological polar surface area (TPSA) is 58.6 Å². The summed E-state index contributed by atoms with van der Waals surface area (Å²) in [5.41, 5.74) is 1.87. The fourth-order valence-electron chi connectivity index (χ4n) is 2.25. The Morgan fingerprint density at radius 1 is 1.20 bits per heavy atom. The van der Waals surface area contributed by atoms with Crippen LogP contribution in [0.1, 0.15) is 24.0 Å². The van der Waals surface area contributed by atoms with Crippen molar-refractivity contribution in [2.45, 2.75) is 25.5 Å². The number of aryl methyl sites for hydroxylation is 1. The van der Waals surface area contributed by atoms with Crippen molar-refractivity contribution in [3.8, 4) is 0 Å². The van der Waals surface area contributed by atoms with Crippen LogP contribution in [-0.2, 0) is 20.6 Å². The maximum absolute atomic E-state index is 11.8. The van der Waals surface area contributed by atoms with E-state index in [1.54, 1.807) is 0 Å². The second-order valence-electron chi connectivity index (χ2n) is 5.23. The minimum absolute atomic E-state index is 0.0585. The summed E-state index contributed by atoms with van der Waals surface area (Å²) in [6.45, 7) is 5.29. The highest BCUT2D eigenvalue weighted by Crippen LogP contribution is 2.08. The monoisotopic (exact) mass is 298 g/mol. The lowest BCUT2D eigenvalue weighted by Gasteiger charge is -2.14. The SMILES string of the molecule is Cc1ccc(CS(=O)(=O)NOCCN2CCCC2)cc1. The summed E-state index contributed by atoms with van der Waals surface area (Å²) < 4.78 is 23.7. The summed E-state index contributed by atoms with van der Waals surface area (Å²) in [6.07, 6.45) is 2.44. The highest BCUT2D eigenvalue weighted by atomic mass is 32.2.